The lowest BCUT2D eigenvalue weighted by Crippen LogP contribution is -3.08. The van der Waals surface area contributed by atoms with Gasteiger partial charge < -0.3 is 10.2 Å². The van der Waals surface area contributed by atoms with E-state index in [-0.39, 0.29) is 6.03 Å². The maximum atomic E-state index is 10.3. The van der Waals surface area contributed by atoms with Gasteiger partial charge in [0.25, 0.3) is 0 Å². The van der Waals surface area contributed by atoms with Crippen molar-refractivity contribution in [2.75, 3.05) is 14.1 Å². The lowest BCUT2D eigenvalue weighted by molar-refractivity contribution is -0.740. The van der Waals surface area contributed by atoms with Crippen molar-refractivity contribution in [3.8, 4) is 0 Å². The maximum Gasteiger partial charge on any atom is 0.388 e. The molecule has 0 aromatic rings. The van der Waals surface area contributed by atoms with E-state index in [1.807, 2.05) is 0 Å². The Morgan fingerprint density at radius 3 is 2.29 bits per heavy atom. The van der Waals surface area contributed by atoms with E-state index in [0.717, 1.165) is 0 Å². The monoisotopic (exact) mass is 102 g/mol. The molecule has 2 N–H and O–H groups in total. The number of carbonyl (C=O) groups excluding carboxylic acids is 1. The Labute approximate surface area is 43.3 Å². The lowest BCUT2D eigenvalue weighted by Gasteiger charge is -2.08. The van der Waals surface area contributed by atoms with Crippen molar-refractivity contribution in [1.82, 2.24) is 5.32 Å². The van der Waals surface area contributed by atoms with Crippen molar-refractivity contribution >= 4 is 6.03 Å². The van der Waals surface area contributed by atoms with Crippen molar-refractivity contribution in [2.45, 2.75) is 0 Å². The number of amides is 2. The van der Waals surface area contributed by atoms with Crippen molar-refractivity contribution in [3.63, 3.8) is 0 Å². The minimum Gasteiger partial charge on any atom is -0.386 e. The molecule has 0 aromatic carbocycles. The van der Waals surface area contributed by atoms with Crippen LogP contribution in [0.25, 0.3) is 0 Å². The van der Waals surface area contributed by atoms with E-state index in [1.165, 1.54) is 0 Å². The van der Waals surface area contributed by atoms with Gasteiger partial charge in [0.05, 0.1) is 7.05 Å². The second-order valence-electron chi connectivity index (χ2n) is 1.36. The first-order chi connectivity index (χ1) is 3.18. The summed E-state index contributed by atoms with van der Waals surface area (Å²) >= 11 is 0. The average molecular weight is 102 g/mol. The summed E-state index contributed by atoms with van der Waals surface area (Å²) in [4.78, 5) is 10.8. The Morgan fingerprint density at radius 2 is 2.29 bits per heavy atom. The minimum absolute atomic E-state index is 0.0972. The largest absolute Gasteiger partial charge is 0.388 e. The van der Waals surface area contributed by atoms with E-state index in [0.29, 0.717) is 4.90 Å². The summed E-state index contributed by atoms with van der Waals surface area (Å²) in [6, 6.07) is -0.0972. The number of quaternary nitrogens is 1. The summed E-state index contributed by atoms with van der Waals surface area (Å²) < 4.78 is 0. The number of nitrogens with one attached hydrogen (secondary N) is 2. The SMILES string of the molecule is [CH2-][NH+](C)C(=O)NC. The molecular weight excluding hydrogens is 92.1 g/mol. The molecule has 0 fully saturated rings. The third-order valence-corrected chi connectivity index (χ3v) is 0.615. The van der Waals surface area contributed by atoms with Crippen LogP contribution in [-0.4, -0.2) is 20.1 Å². The smallest absolute Gasteiger partial charge is 0.386 e. The summed E-state index contributed by atoms with van der Waals surface area (Å²) in [5, 5.41) is 2.43. The molecular formula is C4H10N2O. The molecule has 0 spiro atoms. The molecule has 0 aliphatic rings. The van der Waals surface area contributed by atoms with Gasteiger partial charge in [-0.15, -0.1) is 7.05 Å². The van der Waals surface area contributed by atoms with Gasteiger partial charge in [-0.05, 0) is 0 Å². The van der Waals surface area contributed by atoms with Gasteiger partial charge in [-0.25, -0.2) is 4.79 Å². The van der Waals surface area contributed by atoms with E-state index in [4.69, 9.17) is 0 Å². The topological polar surface area (TPSA) is 33.5 Å². The van der Waals surface area contributed by atoms with Crippen LogP contribution in [0.2, 0.25) is 0 Å². The first-order valence-electron chi connectivity index (χ1n) is 2.06. The fourth-order valence-electron chi connectivity index (χ4n) is 0.213. The summed E-state index contributed by atoms with van der Waals surface area (Å²) in [5.74, 6) is 0. The highest BCUT2D eigenvalue weighted by atomic mass is 16.2. The fourth-order valence-corrected chi connectivity index (χ4v) is 0.213. The molecule has 0 aliphatic heterocycles. The molecule has 0 saturated carbocycles. The molecule has 0 aromatic heterocycles. The Kier molecular flexibility index (Phi) is 2.37. The third kappa shape index (κ3) is 2.17. The third-order valence-electron chi connectivity index (χ3n) is 0.615. The zero-order chi connectivity index (χ0) is 5.86. The summed E-state index contributed by atoms with van der Waals surface area (Å²) in [6.45, 7) is 0. The first kappa shape index (κ1) is 6.43. The summed E-state index contributed by atoms with van der Waals surface area (Å²) in [6.07, 6.45) is 0. The molecule has 0 radical (unpaired) electrons. The average Bonchev–Trinajstić information content (AvgIpc) is 1.65. The van der Waals surface area contributed by atoms with Gasteiger partial charge in [0.1, 0.15) is 0 Å². The number of hydrogen-bond donors (Lipinski definition) is 2. The summed E-state index contributed by atoms with van der Waals surface area (Å²) in [7, 11) is 6.66. The Hall–Kier alpha value is -0.570. The number of hydrogen-bond acceptors (Lipinski definition) is 1. The van der Waals surface area contributed by atoms with E-state index in [9.17, 15) is 4.79 Å². The number of urea groups is 1. The summed E-state index contributed by atoms with van der Waals surface area (Å²) in [5.41, 5.74) is 0. The van der Waals surface area contributed by atoms with Crippen LogP contribution in [0.4, 0.5) is 4.79 Å². The lowest BCUT2D eigenvalue weighted by atomic mass is 10.8. The van der Waals surface area contributed by atoms with Crippen LogP contribution in [0.15, 0.2) is 0 Å². The van der Waals surface area contributed by atoms with Gasteiger partial charge in [-0.1, -0.05) is 0 Å². The highest BCUT2D eigenvalue weighted by Gasteiger charge is 1.95. The Balaban J connectivity index is 3.35. The second-order valence-corrected chi connectivity index (χ2v) is 1.36. The highest BCUT2D eigenvalue weighted by molar-refractivity contribution is 5.63. The zero-order valence-corrected chi connectivity index (χ0v) is 4.62. The molecule has 2 amide bonds. The predicted molar refractivity (Wildman–Crippen MR) is 26.7 cm³/mol. The molecule has 0 bridgehead atoms. The second kappa shape index (κ2) is 2.58. The molecule has 3 heteroatoms. The predicted octanol–water partition coefficient (Wildman–Crippen LogP) is -1.37. The molecule has 7 heavy (non-hydrogen) atoms. The van der Waals surface area contributed by atoms with Crippen LogP contribution < -0.4 is 10.2 Å². The molecule has 3 nitrogen and oxygen atoms in total. The molecule has 0 rings (SSSR count). The van der Waals surface area contributed by atoms with Crippen LogP contribution in [0.1, 0.15) is 0 Å². The zero-order valence-electron chi connectivity index (χ0n) is 4.62. The first-order valence-corrected chi connectivity index (χ1v) is 2.06. The van der Waals surface area contributed by atoms with Crippen LogP contribution >= 0.6 is 0 Å². The van der Waals surface area contributed by atoms with Crippen molar-refractivity contribution < 1.29 is 9.69 Å². The van der Waals surface area contributed by atoms with Gasteiger partial charge >= 0.3 is 6.03 Å². The van der Waals surface area contributed by atoms with Gasteiger partial charge in [0.15, 0.2) is 0 Å². The Bertz CT molecular complexity index is 70.1. The van der Waals surface area contributed by atoms with Crippen molar-refractivity contribution in [2.24, 2.45) is 0 Å². The van der Waals surface area contributed by atoms with Crippen molar-refractivity contribution in [3.05, 3.63) is 7.05 Å². The van der Waals surface area contributed by atoms with Gasteiger partial charge in [0, 0.05) is 7.05 Å². The molecule has 0 saturated heterocycles. The van der Waals surface area contributed by atoms with Gasteiger partial charge in [-0.3, -0.25) is 0 Å². The van der Waals surface area contributed by atoms with Crippen molar-refractivity contribution in [1.29, 1.82) is 0 Å². The van der Waals surface area contributed by atoms with E-state index in [2.05, 4.69) is 12.4 Å². The van der Waals surface area contributed by atoms with E-state index in [1.54, 1.807) is 14.1 Å². The normalized spacial score (nSPS) is 13.0. The van der Waals surface area contributed by atoms with Gasteiger partial charge in [0.2, 0.25) is 0 Å². The molecule has 1 unspecified atom stereocenters. The minimum atomic E-state index is -0.0972. The molecule has 0 aliphatic carbocycles. The van der Waals surface area contributed by atoms with Crippen LogP contribution in [0, 0.1) is 7.05 Å². The van der Waals surface area contributed by atoms with Crippen LogP contribution in [-0.2, 0) is 0 Å². The quantitative estimate of drug-likeness (QED) is 0.364. The number of rotatable bonds is 0. The van der Waals surface area contributed by atoms with E-state index >= 15 is 0 Å². The van der Waals surface area contributed by atoms with Crippen LogP contribution in [0.5, 0.6) is 0 Å². The highest BCUT2D eigenvalue weighted by Crippen LogP contribution is 1.42. The van der Waals surface area contributed by atoms with E-state index < -0.39 is 0 Å². The molecule has 1 atom stereocenters. The molecule has 42 valence electrons. The van der Waals surface area contributed by atoms with Crippen LogP contribution in [0.3, 0.4) is 0 Å². The fraction of sp³-hybridized carbons (Fsp3) is 0.500. The standard InChI is InChI=1S/C4H10N2O/c1-5-4(7)6(2)3/h6H,2H2,1,3H3,(H,5,7). The number of carbonyl (C=O) groups is 1. The van der Waals surface area contributed by atoms with Gasteiger partial charge in [-0.2, -0.15) is 0 Å². The maximum absolute atomic E-state index is 10.3. The molecule has 0 heterocycles. The Morgan fingerprint density at radius 1 is 1.86 bits per heavy atom.